The van der Waals surface area contributed by atoms with Gasteiger partial charge in [0, 0.05) is 36.7 Å². The van der Waals surface area contributed by atoms with E-state index in [1.165, 1.54) is 0 Å². The van der Waals surface area contributed by atoms with Crippen LogP contribution in [0.3, 0.4) is 0 Å². The van der Waals surface area contributed by atoms with Crippen molar-refractivity contribution in [2.24, 2.45) is 5.92 Å². The Morgan fingerprint density at radius 2 is 1.19 bits per heavy atom. The zero-order chi connectivity index (χ0) is 39.4. The van der Waals surface area contributed by atoms with Crippen molar-refractivity contribution >= 4 is 12.4 Å². The quantitative estimate of drug-likeness (QED) is 0.114. The van der Waals surface area contributed by atoms with Crippen molar-refractivity contribution in [3.05, 3.63) is 71.8 Å². The van der Waals surface area contributed by atoms with Crippen molar-refractivity contribution in [2.45, 2.75) is 126 Å². The van der Waals surface area contributed by atoms with E-state index in [-0.39, 0.29) is 57.1 Å². The first kappa shape index (κ1) is 43.7. The van der Waals surface area contributed by atoms with Crippen LogP contribution in [0.25, 0.3) is 0 Å². The van der Waals surface area contributed by atoms with E-state index in [9.17, 15) is 35.4 Å². The fourth-order valence-corrected chi connectivity index (χ4v) is 7.13. The third kappa shape index (κ3) is 12.7. The molecule has 0 aromatic heterocycles. The van der Waals surface area contributed by atoms with Crippen molar-refractivity contribution < 1.29 is 69.0 Å². The Morgan fingerprint density at radius 1 is 0.778 bits per heavy atom. The normalized spacial score (nSPS) is 29.9. The maximum atomic E-state index is 12.5. The molecule has 0 amide bonds. The van der Waals surface area contributed by atoms with Crippen molar-refractivity contribution in [3.63, 3.8) is 0 Å². The van der Waals surface area contributed by atoms with Gasteiger partial charge >= 0.3 is 5.97 Å². The number of benzene rings is 2. The van der Waals surface area contributed by atoms with Gasteiger partial charge < -0.3 is 59.4 Å². The molecule has 2 aromatic carbocycles. The van der Waals surface area contributed by atoms with Gasteiger partial charge in [-0.15, -0.1) is 0 Å². The van der Waals surface area contributed by atoms with Gasteiger partial charge in [-0.2, -0.15) is 0 Å². The molecule has 3 aliphatic rings. The molecule has 1 aliphatic carbocycles. The summed E-state index contributed by atoms with van der Waals surface area (Å²) in [5.41, 5.74) is 0.820. The Bertz CT molecular complexity index is 1310. The summed E-state index contributed by atoms with van der Waals surface area (Å²) in [5, 5.41) is 73.8. The third-order valence-corrected chi connectivity index (χ3v) is 9.81. The zero-order valence-electron chi connectivity index (χ0n) is 31.1. The van der Waals surface area contributed by atoms with E-state index in [1.54, 1.807) is 24.3 Å². The fourth-order valence-electron chi connectivity index (χ4n) is 7.13. The number of carbonyl (C=O) groups is 2. The number of aliphatic hydroxyl groups excluding tert-OH is 6. The lowest BCUT2D eigenvalue weighted by molar-refractivity contribution is -0.285. The molecule has 0 bridgehead atoms. The molecule has 3 fully saturated rings. The van der Waals surface area contributed by atoms with Crippen LogP contribution in [0.4, 0.5) is 0 Å². The number of carboxylic acid groups (broad SMARTS) is 1. The van der Waals surface area contributed by atoms with Gasteiger partial charge in [0.2, 0.25) is 0 Å². The SMILES string of the molecule is CC(C)(C)OC(=O)CC1CCC(N(C[C@H](O)[C@@H](O)[C@@H]2OC(c3ccccc3)OC[C@H]2O)C[C@H](O)[C@@H](O)[C@@H]2OC(c3ccccc3)OC[C@H]2O)CC1.O=CO. The summed E-state index contributed by atoms with van der Waals surface area (Å²) < 4.78 is 28.7. The smallest absolute Gasteiger partial charge is 0.306 e. The van der Waals surface area contributed by atoms with Gasteiger partial charge in [-0.05, 0) is 52.4 Å². The van der Waals surface area contributed by atoms with E-state index in [4.69, 9.17) is 33.6 Å². The summed E-state index contributed by atoms with van der Waals surface area (Å²) >= 11 is 0. The third-order valence-electron chi connectivity index (χ3n) is 9.81. The number of carbonyl (C=O) groups excluding carboxylic acids is 1. The second-order valence-corrected chi connectivity index (χ2v) is 15.1. The molecule has 2 unspecified atom stereocenters. The van der Waals surface area contributed by atoms with Gasteiger partial charge in [0.05, 0.1) is 25.4 Å². The lowest BCUT2D eigenvalue weighted by Gasteiger charge is -2.43. The number of ether oxygens (including phenoxy) is 5. The van der Waals surface area contributed by atoms with E-state index >= 15 is 0 Å². The van der Waals surface area contributed by atoms with Gasteiger partial charge in [-0.3, -0.25) is 14.5 Å². The first-order valence-corrected chi connectivity index (χ1v) is 18.5. The molecule has 15 nitrogen and oxygen atoms in total. The molecule has 7 N–H and O–H groups in total. The summed E-state index contributed by atoms with van der Waals surface area (Å²) in [6.45, 7) is 4.77. The summed E-state index contributed by atoms with van der Waals surface area (Å²) in [6.07, 6.45) is -9.39. The van der Waals surface area contributed by atoms with Crippen molar-refractivity contribution in [1.29, 1.82) is 0 Å². The molecule has 2 aromatic rings. The lowest BCUT2D eigenvalue weighted by atomic mass is 9.83. The molecule has 54 heavy (non-hydrogen) atoms. The summed E-state index contributed by atoms with van der Waals surface area (Å²) in [7, 11) is 0. The predicted octanol–water partition coefficient (Wildman–Crippen LogP) is 1.67. The molecule has 1 saturated carbocycles. The second kappa shape index (κ2) is 20.7. The van der Waals surface area contributed by atoms with Gasteiger partial charge in [-0.1, -0.05) is 60.7 Å². The maximum Gasteiger partial charge on any atom is 0.306 e. The molecule has 2 saturated heterocycles. The van der Waals surface area contributed by atoms with Crippen LogP contribution in [0, 0.1) is 5.92 Å². The van der Waals surface area contributed by atoms with Crippen LogP contribution in [0.1, 0.15) is 76.6 Å². The van der Waals surface area contributed by atoms with Crippen LogP contribution >= 0.6 is 0 Å². The van der Waals surface area contributed by atoms with Crippen LogP contribution < -0.4 is 0 Å². The second-order valence-electron chi connectivity index (χ2n) is 15.1. The molecule has 2 aliphatic heterocycles. The number of esters is 1. The number of aliphatic hydroxyl groups is 6. The van der Waals surface area contributed by atoms with Crippen LogP contribution in [-0.2, 0) is 33.3 Å². The summed E-state index contributed by atoms with van der Waals surface area (Å²) in [5.74, 6) is -0.155. The number of rotatable bonds is 13. The van der Waals surface area contributed by atoms with E-state index in [0.717, 1.165) is 0 Å². The van der Waals surface area contributed by atoms with E-state index in [2.05, 4.69) is 0 Å². The molecule has 2 heterocycles. The fraction of sp³-hybridized carbons (Fsp3) is 0.641. The minimum Gasteiger partial charge on any atom is -0.483 e. The van der Waals surface area contributed by atoms with Crippen LogP contribution in [-0.4, -0.2) is 140 Å². The topological polar surface area (TPSA) is 225 Å². The van der Waals surface area contributed by atoms with Crippen LogP contribution in [0.2, 0.25) is 0 Å². The largest absolute Gasteiger partial charge is 0.483 e. The molecule has 302 valence electrons. The van der Waals surface area contributed by atoms with Crippen molar-refractivity contribution in [1.82, 2.24) is 4.90 Å². The minimum atomic E-state index is -1.52. The summed E-state index contributed by atoms with van der Waals surface area (Å²) in [6, 6.07) is 18.0. The Balaban J connectivity index is 0.00000209. The van der Waals surface area contributed by atoms with E-state index in [1.807, 2.05) is 62.1 Å². The van der Waals surface area contributed by atoms with Gasteiger partial charge in [-0.25, -0.2) is 0 Å². The predicted molar refractivity (Wildman–Crippen MR) is 193 cm³/mol. The van der Waals surface area contributed by atoms with Gasteiger partial charge in [0.25, 0.3) is 6.47 Å². The molecule has 0 radical (unpaired) electrons. The highest BCUT2D eigenvalue weighted by Crippen LogP contribution is 2.34. The number of hydrogen-bond acceptors (Lipinski definition) is 14. The zero-order valence-corrected chi connectivity index (χ0v) is 31.1. The minimum absolute atomic E-state index is 0.102. The maximum absolute atomic E-state index is 12.5. The first-order valence-electron chi connectivity index (χ1n) is 18.5. The lowest BCUT2D eigenvalue weighted by Crippen LogP contribution is -2.57. The van der Waals surface area contributed by atoms with E-state index < -0.39 is 67.0 Å². The average molecular weight is 764 g/mol. The van der Waals surface area contributed by atoms with Crippen LogP contribution in [0.15, 0.2) is 60.7 Å². The molecular formula is C39H57NO14. The average Bonchev–Trinajstić information content (AvgIpc) is 3.15. The van der Waals surface area contributed by atoms with Crippen molar-refractivity contribution in [3.8, 4) is 0 Å². The molecule has 10 atom stereocenters. The van der Waals surface area contributed by atoms with Crippen molar-refractivity contribution in [2.75, 3.05) is 26.3 Å². The Hall–Kier alpha value is -3.06. The molecule has 5 rings (SSSR count). The molecule has 15 heteroatoms. The Kier molecular flexibility index (Phi) is 16.8. The number of hydrogen-bond donors (Lipinski definition) is 7. The number of nitrogens with zero attached hydrogens (tertiary/aromatic N) is 1. The van der Waals surface area contributed by atoms with Gasteiger partial charge in [0.1, 0.15) is 42.2 Å². The first-order chi connectivity index (χ1) is 25.7. The highest BCUT2D eigenvalue weighted by Gasteiger charge is 2.43. The Morgan fingerprint density at radius 3 is 1.57 bits per heavy atom. The summed E-state index contributed by atoms with van der Waals surface area (Å²) in [4.78, 5) is 22.7. The highest BCUT2D eigenvalue weighted by molar-refractivity contribution is 5.70. The van der Waals surface area contributed by atoms with E-state index in [0.29, 0.717) is 36.8 Å². The molecular weight excluding hydrogens is 706 g/mol. The van der Waals surface area contributed by atoms with Gasteiger partial charge in [0.15, 0.2) is 12.6 Å². The Labute approximate surface area is 316 Å². The van der Waals surface area contributed by atoms with Crippen LogP contribution in [0.5, 0.6) is 0 Å². The highest BCUT2D eigenvalue weighted by atomic mass is 16.7. The monoisotopic (exact) mass is 763 g/mol. The standard InChI is InChI=1S/C38H55NO12.CH2O2/c1-38(2,3)51-31(44)18-23-14-16-26(17-15-23)39(19-27(40)32(45)34-29(42)21-47-36(49-34)24-10-6-4-7-11-24)20-28(41)33(46)35-30(43)22-48-37(50-35)25-12-8-5-9-13-25;2-1-3/h4-13,23,26-30,32-37,40-43,45-46H,14-22H2,1-3H3;1H,(H,2,3)/t23?,26?,27-,28-,29+,30+,32+,33+,34+,35+,36?,37?;/m0./s1. The molecule has 0 spiro atoms.